The van der Waals surface area contributed by atoms with Crippen molar-refractivity contribution < 1.29 is 9.57 Å². The molecule has 2 bridgehead atoms. The van der Waals surface area contributed by atoms with Crippen molar-refractivity contribution in [1.82, 2.24) is 10.8 Å². The van der Waals surface area contributed by atoms with E-state index in [1.165, 1.54) is 29.5 Å². The van der Waals surface area contributed by atoms with Gasteiger partial charge in [-0.15, -0.1) is 0 Å². The van der Waals surface area contributed by atoms with E-state index in [0.29, 0.717) is 18.8 Å². The molecule has 2 aromatic carbocycles. The number of rotatable bonds is 1. The van der Waals surface area contributed by atoms with E-state index in [2.05, 4.69) is 52.2 Å². The van der Waals surface area contributed by atoms with Crippen molar-refractivity contribution in [3.63, 3.8) is 0 Å². The van der Waals surface area contributed by atoms with Crippen molar-refractivity contribution in [2.24, 2.45) is 4.99 Å². The predicted molar refractivity (Wildman–Crippen MR) is 104 cm³/mol. The van der Waals surface area contributed by atoms with Gasteiger partial charge in [0.1, 0.15) is 11.5 Å². The molecule has 0 spiro atoms. The molecule has 2 saturated heterocycles. The van der Waals surface area contributed by atoms with E-state index >= 15 is 0 Å². The molecule has 2 atom stereocenters. The molecule has 5 nitrogen and oxygen atoms in total. The van der Waals surface area contributed by atoms with Gasteiger partial charge in [0.25, 0.3) is 0 Å². The number of hydrogen-bond acceptors (Lipinski definition) is 5. The summed E-state index contributed by atoms with van der Waals surface area (Å²) in [5, 5.41) is 3.75. The number of amidine groups is 1. The highest BCUT2D eigenvalue weighted by molar-refractivity contribution is 6.00. The van der Waals surface area contributed by atoms with Crippen LogP contribution in [0.1, 0.15) is 42.4 Å². The van der Waals surface area contributed by atoms with Gasteiger partial charge in [-0.3, -0.25) is 4.84 Å². The van der Waals surface area contributed by atoms with Crippen molar-refractivity contribution in [3.05, 3.63) is 64.7 Å². The second kappa shape index (κ2) is 5.94. The predicted octanol–water partition coefficient (Wildman–Crippen LogP) is 3.75. The molecule has 2 unspecified atom stereocenters. The van der Waals surface area contributed by atoms with Crippen molar-refractivity contribution in [1.29, 1.82) is 0 Å². The van der Waals surface area contributed by atoms with Crippen LogP contribution in [0, 0.1) is 0 Å². The molecule has 2 N–H and O–H groups in total. The van der Waals surface area contributed by atoms with Gasteiger partial charge in [-0.1, -0.05) is 29.8 Å². The third-order valence-electron chi connectivity index (χ3n) is 6.03. The number of hydroxylamine groups is 1. The normalized spacial score (nSPS) is 25.4. The summed E-state index contributed by atoms with van der Waals surface area (Å²) in [7, 11) is 0. The first kappa shape index (κ1) is 15.4. The molecular weight excluding hydrogens is 338 g/mol. The van der Waals surface area contributed by atoms with Crippen molar-refractivity contribution in [3.8, 4) is 11.5 Å². The zero-order valence-electron chi connectivity index (χ0n) is 15.0. The fraction of sp³-hybridized carbons (Fsp3) is 0.318. The maximum absolute atomic E-state index is 6.29. The maximum Gasteiger partial charge on any atom is 0.167 e. The first-order chi connectivity index (χ1) is 13.3. The summed E-state index contributed by atoms with van der Waals surface area (Å²) in [5.41, 5.74) is 9.19. The van der Waals surface area contributed by atoms with Gasteiger partial charge in [-0.2, -0.15) is 0 Å². The number of para-hydroxylation sites is 1. The van der Waals surface area contributed by atoms with Gasteiger partial charge in [0.05, 0.1) is 0 Å². The Kier molecular flexibility index (Phi) is 3.39. The van der Waals surface area contributed by atoms with E-state index < -0.39 is 0 Å². The maximum atomic E-state index is 6.29. The van der Waals surface area contributed by atoms with E-state index in [9.17, 15) is 0 Å². The molecule has 2 fully saturated rings. The van der Waals surface area contributed by atoms with Gasteiger partial charge in [-0.25, -0.2) is 10.5 Å². The van der Waals surface area contributed by atoms with Crippen LogP contribution in [0.5, 0.6) is 11.5 Å². The van der Waals surface area contributed by atoms with Crippen LogP contribution < -0.4 is 15.5 Å². The minimum absolute atomic E-state index is 0.348. The van der Waals surface area contributed by atoms with Crippen LogP contribution >= 0.6 is 0 Å². The molecule has 4 aliphatic rings. The molecule has 0 saturated carbocycles. The summed E-state index contributed by atoms with van der Waals surface area (Å²) >= 11 is 0. The summed E-state index contributed by atoms with van der Waals surface area (Å²) < 4.78 is 6.29. The Balaban J connectivity index is 1.52. The van der Waals surface area contributed by atoms with Gasteiger partial charge in [0, 0.05) is 28.8 Å². The summed E-state index contributed by atoms with van der Waals surface area (Å²) in [4.78, 5) is 9.49. The van der Waals surface area contributed by atoms with Crippen LogP contribution in [0.4, 0.5) is 0 Å². The second-order valence-electron chi connectivity index (χ2n) is 7.72. The lowest BCUT2D eigenvalue weighted by Crippen LogP contribution is -2.35. The molecule has 0 aliphatic carbocycles. The Hall–Kier alpha value is -2.63. The molecule has 0 radical (unpaired) electrons. The minimum Gasteiger partial charge on any atom is -0.456 e. The van der Waals surface area contributed by atoms with Crippen LogP contribution in [0.15, 0.2) is 53.0 Å². The topological polar surface area (TPSA) is 54.9 Å². The highest BCUT2D eigenvalue weighted by atomic mass is 16.7. The molecule has 0 amide bonds. The molecule has 4 aliphatic heterocycles. The molecule has 6 rings (SSSR count). The van der Waals surface area contributed by atoms with E-state index in [4.69, 9.17) is 9.57 Å². The minimum atomic E-state index is 0.348. The van der Waals surface area contributed by atoms with E-state index in [1.54, 1.807) is 5.57 Å². The van der Waals surface area contributed by atoms with Crippen LogP contribution in [0.2, 0.25) is 0 Å². The molecule has 0 aromatic heterocycles. The Bertz CT molecular complexity index is 981. The second-order valence-corrected chi connectivity index (χ2v) is 7.72. The SMILES string of the molecule is c1ccc2c(c1)Oc1cc(C3=NCON3)ccc1C2=C1CC2CCC(C1)N2. The molecule has 5 heteroatoms. The third-order valence-corrected chi connectivity index (χ3v) is 6.03. The molecule has 4 heterocycles. The van der Waals surface area contributed by atoms with Crippen molar-refractivity contribution in [2.75, 3.05) is 6.73 Å². The lowest BCUT2D eigenvalue weighted by Gasteiger charge is -2.30. The number of nitrogens with zero attached hydrogens (tertiary/aromatic N) is 1. The summed E-state index contributed by atoms with van der Waals surface area (Å²) in [6, 6.07) is 16.0. The van der Waals surface area contributed by atoms with Crippen molar-refractivity contribution >= 4 is 11.4 Å². The largest absolute Gasteiger partial charge is 0.456 e. The Morgan fingerprint density at radius 2 is 1.74 bits per heavy atom. The zero-order chi connectivity index (χ0) is 17.8. The van der Waals surface area contributed by atoms with E-state index in [0.717, 1.165) is 35.7 Å². The molecule has 27 heavy (non-hydrogen) atoms. The Morgan fingerprint density at radius 1 is 0.926 bits per heavy atom. The number of benzene rings is 2. The number of piperidine rings is 1. The number of nitrogens with one attached hydrogen (secondary N) is 2. The van der Waals surface area contributed by atoms with Gasteiger partial charge in [-0.05, 0) is 49.5 Å². The summed E-state index contributed by atoms with van der Waals surface area (Å²) in [5.74, 6) is 2.60. The highest BCUT2D eigenvalue weighted by Crippen LogP contribution is 2.48. The first-order valence-electron chi connectivity index (χ1n) is 9.67. The van der Waals surface area contributed by atoms with Gasteiger partial charge >= 0.3 is 0 Å². The number of aliphatic imine (C=N–C) groups is 1. The Morgan fingerprint density at radius 3 is 2.56 bits per heavy atom. The van der Waals surface area contributed by atoms with Crippen LogP contribution in [0.25, 0.3) is 5.57 Å². The van der Waals surface area contributed by atoms with Gasteiger partial charge in [0.15, 0.2) is 12.6 Å². The third kappa shape index (κ3) is 2.50. The average molecular weight is 359 g/mol. The number of hydrogen-bond donors (Lipinski definition) is 2. The average Bonchev–Trinajstić information content (AvgIpc) is 3.35. The van der Waals surface area contributed by atoms with Gasteiger partial charge < -0.3 is 10.1 Å². The van der Waals surface area contributed by atoms with E-state index in [1.807, 2.05) is 6.07 Å². The molecule has 2 aromatic rings. The lowest BCUT2D eigenvalue weighted by atomic mass is 9.84. The smallest absolute Gasteiger partial charge is 0.167 e. The quantitative estimate of drug-likeness (QED) is 0.695. The standard InChI is InChI=1S/C22H21N3O2/c1-2-4-19-17(3-1)21(14-9-15-6-7-16(10-14)24-15)18-8-5-13(11-20(18)27-19)22-23-12-26-25-22/h1-5,8,11,15-16,24H,6-7,9-10,12H2,(H,23,25). The monoisotopic (exact) mass is 359 g/mol. The van der Waals surface area contributed by atoms with Crippen LogP contribution in [-0.2, 0) is 4.84 Å². The number of ether oxygens (including phenoxy) is 1. The first-order valence-corrected chi connectivity index (χ1v) is 9.67. The highest BCUT2D eigenvalue weighted by Gasteiger charge is 2.34. The zero-order valence-corrected chi connectivity index (χ0v) is 15.0. The van der Waals surface area contributed by atoms with Crippen molar-refractivity contribution in [2.45, 2.75) is 37.8 Å². The fourth-order valence-electron chi connectivity index (χ4n) is 4.85. The molecular formula is C22H21N3O2. The van der Waals surface area contributed by atoms with Gasteiger partial charge in [0.2, 0.25) is 0 Å². The summed E-state index contributed by atoms with van der Waals surface area (Å²) in [6.45, 7) is 0.348. The van der Waals surface area contributed by atoms with Crippen LogP contribution in [-0.4, -0.2) is 24.7 Å². The van der Waals surface area contributed by atoms with Crippen LogP contribution in [0.3, 0.4) is 0 Å². The fourth-order valence-corrected chi connectivity index (χ4v) is 4.85. The summed E-state index contributed by atoms with van der Waals surface area (Å²) in [6.07, 6.45) is 4.83. The van der Waals surface area contributed by atoms with E-state index in [-0.39, 0.29) is 0 Å². The number of fused-ring (bicyclic) bond motifs is 4. The Labute approximate surface area is 158 Å². The lowest BCUT2D eigenvalue weighted by molar-refractivity contribution is 0.115. The molecule has 136 valence electrons.